The molecular weight excluding hydrogens is 388 g/mol. The van der Waals surface area contributed by atoms with Gasteiger partial charge in [0.2, 0.25) is 0 Å². The summed E-state index contributed by atoms with van der Waals surface area (Å²) in [6, 6.07) is 12.4. The number of piperazine rings is 1. The lowest BCUT2D eigenvalue weighted by molar-refractivity contribution is 0.313. The Kier molecular flexibility index (Phi) is 4.17. The minimum atomic E-state index is 0.716. The summed E-state index contributed by atoms with van der Waals surface area (Å²) in [4.78, 5) is 21.7. The highest BCUT2D eigenvalue weighted by molar-refractivity contribution is 5.96. The topological polar surface area (TPSA) is 89.6 Å². The fourth-order valence-electron chi connectivity index (χ4n) is 4.24. The Morgan fingerprint density at radius 1 is 0.903 bits per heavy atom. The molecule has 0 radical (unpaired) electrons. The van der Waals surface area contributed by atoms with Gasteiger partial charge in [0.15, 0.2) is 11.5 Å². The average Bonchev–Trinajstić information content (AvgIpc) is 3.43. The third-order valence-electron chi connectivity index (χ3n) is 6.01. The van der Waals surface area contributed by atoms with Crippen molar-refractivity contribution in [1.29, 1.82) is 0 Å². The second-order valence-corrected chi connectivity index (χ2v) is 7.97. The number of fused-ring (bicyclic) bond motifs is 2. The monoisotopic (exact) mass is 410 g/mol. The number of aromatic nitrogens is 6. The van der Waals surface area contributed by atoms with Crippen LogP contribution in [0.4, 0.5) is 5.69 Å². The van der Waals surface area contributed by atoms with Crippen LogP contribution in [0.2, 0.25) is 0 Å². The Morgan fingerprint density at radius 2 is 1.74 bits per heavy atom. The number of aromatic amines is 2. The lowest BCUT2D eigenvalue weighted by Gasteiger charge is -2.34. The van der Waals surface area contributed by atoms with E-state index < -0.39 is 0 Å². The molecule has 5 aromatic rings. The molecule has 31 heavy (non-hydrogen) atoms. The van der Waals surface area contributed by atoms with Gasteiger partial charge in [-0.2, -0.15) is 5.10 Å². The summed E-state index contributed by atoms with van der Waals surface area (Å²) in [5.74, 6) is 0.724. The second kappa shape index (κ2) is 7.17. The summed E-state index contributed by atoms with van der Waals surface area (Å²) in [6.07, 6.45) is 5.45. The fourth-order valence-corrected chi connectivity index (χ4v) is 4.24. The molecule has 0 aliphatic carbocycles. The Bertz CT molecular complexity index is 1360. The number of pyridine rings is 2. The molecular formula is C23H22N8. The molecule has 1 aliphatic heterocycles. The average molecular weight is 410 g/mol. The van der Waals surface area contributed by atoms with Gasteiger partial charge in [0.05, 0.1) is 11.2 Å². The number of nitrogens with zero attached hydrogens (tertiary/aromatic N) is 6. The summed E-state index contributed by atoms with van der Waals surface area (Å²) >= 11 is 0. The molecule has 154 valence electrons. The molecule has 5 heterocycles. The van der Waals surface area contributed by atoms with Gasteiger partial charge in [-0.3, -0.25) is 10.1 Å². The molecule has 0 unspecified atom stereocenters. The zero-order valence-corrected chi connectivity index (χ0v) is 17.2. The third kappa shape index (κ3) is 3.12. The van der Waals surface area contributed by atoms with Crippen LogP contribution in [0.25, 0.3) is 44.7 Å². The summed E-state index contributed by atoms with van der Waals surface area (Å²) in [5.41, 5.74) is 6.83. The number of nitrogens with one attached hydrogen (secondary N) is 2. The second-order valence-electron chi connectivity index (χ2n) is 7.97. The maximum atomic E-state index is 4.78. The highest BCUT2D eigenvalue weighted by atomic mass is 15.3. The van der Waals surface area contributed by atoms with Gasteiger partial charge in [-0.25, -0.2) is 9.97 Å². The lowest BCUT2D eigenvalue weighted by Crippen LogP contribution is -2.44. The molecule has 1 aliphatic rings. The van der Waals surface area contributed by atoms with E-state index >= 15 is 0 Å². The summed E-state index contributed by atoms with van der Waals surface area (Å²) in [6.45, 7) is 4.08. The molecule has 0 atom stereocenters. The van der Waals surface area contributed by atoms with Crippen molar-refractivity contribution in [3.63, 3.8) is 0 Å². The van der Waals surface area contributed by atoms with E-state index in [1.54, 1.807) is 12.4 Å². The minimum absolute atomic E-state index is 0.716. The molecule has 0 bridgehead atoms. The molecule has 8 nitrogen and oxygen atoms in total. The summed E-state index contributed by atoms with van der Waals surface area (Å²) < 4.78 is 0. The molecule has 6 rings (SSSR count). The van der Waals surface area contributed by atoms with Gasteiger partial charge in [-0.1, -0.05) is 6.07 Å². The standard InChI is InChI=1S/C23H22N8/c1-30-10-12-31(13-11-30)19-6-9-25-22-21(19)26-23(27-22)20-17-14-16(2-3-18(17)28-29-20)15-4-7-24-8-5-15/h2-9,14H,10-13H2,1H3,(H,28,29)(H,25,26,27). The maximum absolute atomic E-state index is 4.78. The Labute approximate surface area is 179 Å². The zero-order chi connectivity index (χ0) is 20.8. The normalized spacial score (nSPS) is 15.2. The molecule has 4 aromatic heterocycles. The Morgan fingerprint density at radius 3 is 2.58 bits per heavy atom. The van der Waals surface area contributed by atoms with Crippen molar-refractivity contribution in [3.8, 4) is 22.6 Å². The van der Waals surface area contributed by atoms with Crippen LogP contribution in [0.15, 0.2) is 55.0 Å². The van der Waals surface area contributed by atoms with E-state index in [9.17, 15) is 0 Å². The van der Waals surface area contributed by atoms with E-state index in [1.165, 1.54) is 0 Å². The van der Waals surface area contributed by atoms with Crippen LogP contribution in [0.5, 0.6) is 0 Å². The fraction of sp³-hybridized carbons (Fsp3) is 0.217. The highest BCUT2D eigenvalue weighted by Gasteiger charge is 2.20. The molecule has 0 saturated carbocycles. The van der Waals surface area contributed by atoms with E-state index in [1.807, 2.05) is 18.3 Å². The van der Waals surface area contributed by atoms with Crippen LogP contribution in [-0.2, 0) is 0 Å². The maximum Gasteiger partial charge on any atom is 0.180 e. The number of anilines is 1. The van der Waals surface area contributed by atoms with E-state index in [0.717, 1.165) is 70.9 Å². The molecule has 1 saturated heterocycles. The van der Waals surface area contributed by atoms with Gasteiger partial charge in [0.25, 0.3) is 0 Å². The predicted molar refractivity (Wildman–Crippen MR) is 122 cm³/mol. The Balaban J connectivity index is 1.44. The van der Waals surface area contributed by atoms with Gasteiger partial charge in [0.1, 0.15) is 11.2 Å². The van der Waals surface area contributed by atoms with Crippen molar-refractivity contribution in [3.05, 3.63) is 55.0 Å². The molecule has 8 heteroatoms. The number of benzene rings is 1. The van der Waals surface area contributed by atoms with E-state index in [2.05, 4.69) is 66.3 Å². The van der Waals surface area contributed by atoms with E-state index in [4.69, 9.17) is 4.98 Å². The van der Waals surface area contributed by atoms with Crippen molar-refractivity contribution < 1.29 is 0 Å². The van der Waals surface area contributed by atoms with Crippen LogP contribution in [0.1, 0.15) is 0 Å². The first kappa shape index (κ1) is 18.0. The van der Waals surface area contributed by atoms with Crippen molar-refractivity contribution >= 4 is 27.8 Å². The quantitative estimate of drug-likeness (QED) is 0.474. The van der Waals surface area contributed by atoms with Gasteiger partial charge in [-0.05, 0) is 48.5 Å². The van der Waals surface area contributed by atoms with Crippen LogP contribution >= 0.6 is 0 Å². The molecule has 1 aromatic carbocycles. The van der Waals surface area contributed by atoms with Crippen molar-refractivity contribution in [2.75, 3.05) is 38.1 Å². The largest absolute Gasteiger partial charge is 0.367 e. The number of hydrogen-bond donors (Lipinski definition) is 2. The Hall–Kier alpha value is -3.78. The number of imidazole rings is 1. The van der Waals surface area contributed by atoms with Gasteiger partial charge < -0.3 is 14.8 Å². The molecule has 2 N–H and O–H groups in total. The number of likely N-dealkylation sites (N-methyl/N-ethyl adjacent to an activating group) is 1. The van der Waals surface area contributed by atoms with E-state index in [0.29, 0.717) is 5.65 Å². The first-order valence-electron chi connectivity index (χ1n) is 10.4. The molecule has 0 amide bonds. The highest BCUT2D eigenvalue weighted by Crippen LogP contribution is 2.32. The van der Waals surface area contributed by atoms with Gasteiger partial charge in [-0.15, -0.1) is 0 Å². The molecule has 1 fully saturated rings. The first-order valence-corrected chi connectivity index (χ1v) is 10.4. The predicted octanol–water partition coefficient (Wildman–Crippen LogP) is 3.32. The molecule has 0 spiro atoms. The van der Waals surface area contributed by atoms with Crippen LogP contribution in [-0.4, -0.2) is 68.3 Å². The SMILES string of the molecule is CN1CCN(c2ccnc3nc(-c4n[nH]c5ccc(-c6ccncc6)cc45)[nH]c23)CC1. The third-order valence-corrected chi connectivity index (χ3v) is 6.01. The number of rotatable bonds is 3. The smallest absolute Gasteiger partial charge is 0.180 e. The van der Waals surface area contributed by atoms with Gasteiger partial charge >= 0.3 is 0 Å². The zero-order valence-electron chi connectivity index (χ0n) is 17.2. The van der Waals surface area contributed by atoms with Crippen LogP contribution < -0.4 is 4.90 Å². The summed E-state index contributed by atoms with van der Waals surface area (Å²) in [7, 11) is 2.16. The minimum Gasteiger partial charge on any atom is -0.367 e. The van der Waals surface area contributed by atoms with Crippen LogP contribution in [0.3, 0.4) is 0 Å². The number of H-pyrrole nitrogens is 2. The number of hydrogen-bond acceptors (Lipinski definition) is 6. The first-order chi connectivity index (χ1) is 15.3. The van der Waals surface area contributed by atoms with Gasteiger partial charge in [0, 0.05) is 50.2 Å². The van der Waals surface area contributed by atoms with Crippen LogP contribution in [0, 0.1) is 0 Å². The summed E-state index contributed by atoms with van der Waals surface area (Å²) in [5, 5.41) is 8.73. The van der Waals surface area contributed by atoms with E-state index in [-0.39, 0.29) is 0 Å². The van der Waals surface area contributed by atoms with Crippen molar-refractivity contribution in [2.24, 2.45) is 0 Å². The van der Waals surface area contributed by atoms with Crippen molar-refractivity contribution in [1.82, 2.24) is 35.0 Å². The lowest BCUT2D eigenvalue weighted by atomic mass is 10.0. The van der Waals surface area contributed by atoms with Crippen molar-refractivity contribution in [2.45, 2.75) is 0 Å².